The smallest absolute Gasteiger partial charge is 0.296 e. The van der Waals surface area contributed by atoms with E-state index in [1.807, 2.05) is 42.5 Å². The maximum atomic E-state index is 12.9. The van der Waals surface area contributed by atoms with Gasteiger partial charge in [-0.3, -0.25) is 9.59 Å². The van der Waals surface area contributed by atoms with E-state index < -0.39 is 5.56 Å². The number of nitrogens with zero attached hydrogens (tertiary/aromatic N) is 3. The first-order valence-electron chi connectivity index (χ1n) is 9.18. The molecule has 0 spiro atoms. The zero-order valence-corrected chi connectivity index (χ0v) is 17.1. The predicted octanol–water partition coefficient (Wildman–Crippen LogP) is 2.73. The Morgan fingerprint density at radius 3 is 2.77 bits per heavy atom. The molecule has 6 nitrogen and oxygen atoms in total. The molecule has 0 bridgehead atoms. The van der Waals surface area contributed by atoms with E-state index >= 15 is 0 Å². The van der Waals surface area contributed by atoms with Crippen LogP contribution in [0.4, 0.5) is 0 Å². The van der Waals surface area contributed by atoms with Gasteiger partial charge in [-0.1, -0.05) is 53.3 Å². The number of aromatic nitrogens is 3. The second-order valence-corrected chi connectivity index (χ2v) is 8.27. The van der Waals surface area contributed by atoms with E-state index in [0.29, 0.717) is 16.2 Å². The van der Waals surface area contributed by atoms with Crippen LogP contribution in [0.25, 0.3) is 17.1 Å². The Labute approximate surface area is 179 Å². The van der Waals surface area contributed by atoms with Crippen molar-refractivity contribution in [1.29, 1.82) is 0 Å². The first-order chi connectivity index (χ1) is 14.6. The van der Waals surface area contributed by atoms with Gasteiger partial charge in [-0.15, -0.1) is 0 Å². The third-order valence-corrected chi connectivity index (χ3v) is 5.92. The molecule has 0 amide bonds. The maximum Gasteiger partial charge on any atom is 0.296 e. The van der Waals surface area contributed by atoms with E-state index in [4.69, 9.17) is 16.3 Å². The number of hydrogen-bond donors (Lipinski definition) is 0. The van der Waals surface area contributed by atoms with E-state index in [9.17, 15) is 9.59 Å². The van der Waals surface area contributed by atoms with Crippen LogP contribution in [0.2, 0.25) is 5.02 Å². The lowest BCUT2D eigenvalue weighted by atomic mass is 10.1. The number of halogens is 1. The quantitative estimate of drug-likeness (QED) is 0.494. The largest absolute Gasteiger partial charge is 0.488 e. The van der Waals surface area contributed by atoms with Gasteiger partial charge < -0.3 is 4.74 Å². The molecule has 1 aliphatic rings. The summed E-state index contributed by atoms with van der Waals surface area (Å²) in [4.78, 5) is 29.6. The van der Waals surface area contributed by atoms with Crippen LogP contribution >= 0.6 is 22.9 Å². The molecular weight excluding hydrogens is 422 g/mol. The molecule has 2 aromatic heterocycles. The van der Waals surface area contributed by atoms with E-state index in [1.165, 1.54) is 4.52 Å². The van der Waals surface area contributed by atoms with Crippen LogP contribution < -0.4 is 20.4 Å². The van der Waals surface area contributed by atoms with Crippen molar-refractivity contribution < 1.29 is 4.74 Å². The van der Waals surface area contributed by atoms with Crippen molar-refractivity contribution >= 4 is 40.1 Å². The molecule has 5 rings (SSSR count). The summed E-state index contributed by atoms with van der Waals surface area (Å²) in [6.45, 7) is 0.366. The van der Waals surface area contributed by atoms with E-state index in [-0.39, 0.29) is 22.6 Å². The molecule has 0 radical (unpaired) electrons. The monoisotopic (exact) mass is 435 g/mol. The lowest BCUT2D eigenvalue weighted by molar-refractivity contribution is 0.352. The summed E-state index contributed by atoms with van der Waals surface area (Å²) in [6.07, 6.45) is 4.03. The van der Waals surface area contributed by atoms with Crippen LogP contribution in [0.1, 0.15) is 16.8 Å². The highest BCUT2D eigenvalue weighted by Gasteiger charge is 2.13. The number of para-hydroxylation sites is 1. The number of ether oxygens (including phenoxy) is 1. The molecule has 0 N–H and O–H groups in total. The summed E-state index contributed by atoms with van der Waals surface area (Å²) in [7, 11) is 0. The normalized spacial score (nSPS) is 13.8. The average Bonchev–Trinajstić information content (AvgIpc) is 3.04. The van der Waals surface area contributed by atoms with Gasteiger partial charge in [0.1, 0.15) is 18.1 Å². The molecule has 2 aromatic carbocycles. The molecule has 0 saturated heterocycles. The predicted molar refractivity (Wildman–Crippen MR) is 117 cm³/mol. The number of rotatable bonds is 3. The van der Waals surface area contributed by atoms with Crippen molar-refractivity contribution in [2.75, 3.05) is 6.61 Å². The minimum absolute atomic E-state index is 0.213. The van der Waals surface area contributed by atoms with Gasteiger partial charge in [-0.2, -0.15) is 14.6 Å². The number of thiazole rings is 1. The minimum Gasteiger partial charge on any atom is -0.488 e. The van der Waals surface area contributed by atoms with Gasteiger partial charge in [-0.05, 0) is 41.5 Å². The summed E-state index contributed by atoms with van der Waals surface area (Å²) in [5.41, 5.74) is 2.15. The highest BCUT2D eigenvalue weighted by molar-refractivity contribution is 7.15. The first kappa shape index (κ1) is 18.7. The van der Waals surface area contributed by atoms with Crippen molar-refractivity contribution in [2.24, 2.45) is 0 Å². The molecule has 0 unspecified atom stereocenters. The molecule has 148 valence electrons. The van der Waals surface area contributed by atoms with Crippen LogP contribution in [-0.4, -0.2) is 21.2 Å². The molecule has 30 heavy (non-hydrogen) atoms. The summed E-state index contributed by atoms with van der Waals surface area (Å²) in [5.74, 6) is 0.814. The summed E-state index contributed by atoms with van der Waals surface area (Å²) < 4.78 is 7.39. The molecule has 8 heteroatoms. The van der Waals surface area contributed by atoms with Gasteiger partial charge in [0.15, 0.2) is 0 Å². The van der Waals surface area contributed by atoms with Gasteiger partial charge in [0, 0.05) is 17.0 Å². The van der Waals surface area contributed by atoms with Crippen molar-refractivity contribution in [2.45, 2.75) is 6.42 Å². The van der Waals surface area contributed by atoms with Crippen LogP contribution in [0, 0.1) is 0 Å². The summed E-state index contributed by atoms with van der Waals surface area (Å²) >= 11 is 7.04. The molecule has 1 aliphatic heterocycles. The van der Waals surface area contributed by atoms with Crippen molar-refractivity contribution in [1.82, 2.24) is 14.6 Å². The van der Waals surface area contributed by atoms with Crippen LogP contribution in [0.5, 0.6) is 5.75 Å². The van der Waals surface area contributed by atoms with Gasteiger partial charge in [0.05, 0.1) is 4.53 Å². The Balaban J connectivity index is 1.55. The Morgan fingerprint density at radius 2 is 1.93 bits per heavy atom. The first-order valence-corrected chi connectivity index (χ1v) is 10.4. The van der Waals surface area contributed by atoms with Gasteiger partial charge >= 0.3 is 0 Å². The third kappa shape index (κ3) is 3.53. The lowest BCUT2D eigenvalue weighted by Gasteiger charge is -2.15. The Hall–Kier alpha value is -3.29. The Kier molecular flexibility index (Phi) is 4.69. The fourth-order valence-electron chi connectivity index (χ4n) is 3.23. The molecule has 3 heterocycles. The van der Waals surface area contributed by atoms with Gasteiger partial charge in [0.25, 0.3) is 11.1 Å². The highest BCUT2D eigenvalue weighted by Crippen LogP contribution is 2.26. The van der Waals surface area contributed by atoms with Crippen LogP contribution in [0.15, 0.2) is 63.7 Å². The Bertz CT molecular complexity index is 1470. The van der Waals surface area contributed by atoms with Crippen molar-refractivity contribution in [3.8, 4) is 5.75 Å². The van der Waals surface area contributed by atoms with Crippen molar-refractivity contribution in [3.63, 3.8) is 0 Å². The lowest BCUT2D eigenvalue weighted by Crippen LogP contribution is -2.28. The fourth-order valence-corrected chi connectivity index (χ4v) is 4.28. The highest BCUT2D eigenvalue weighted by atomic mass is 35.5. The second kappa shape index (κ2) is 7.51. The molecule has 0 fully saturated rings. The number of hydrogen-bond acceptors (Lipinski definition) is 6. The minimum atomic E-state index is -0.438. The fraction of sp³-hybridized carbons (Fsp3) is 0.0909. The van der Waals surface area contributed by atoms with Crippen LogP contribution in [-0.2, 0) is 6.42 Å². The molecule has 0 atom stereocenters. The molecule has 4 aromatic rings. The van der Waals surface area contributed by atoms with Crippen molar-refractivity contribution in [3.05, 3.63) is 101 Å². The number of benzene rings is 2. The van der Waals surface area contributed by atoms with Gasteiger partial charge in [-0.25, -0.2) is 0 Å². The standard InChI is InChI=1S/C22H14ClN3O3S/c23-16-7-5-13(6-8-16)10-17-20(27)24-22-26(25-17)21(28)19(30-22)11-14-9-15-3-1-2-4-18(15)29-12-14/h1-9,11H,10,12H2/b19-11-. The SMILES string of the molecule is O=c1nc2s/c(=C\C3=Cc4ccccc4OC3)c(=O)n2nc1Cc1ccc(Cl)cc1. The maximum absolute atomic E-state index is 12.9. The van der Waals surface area contributed by atoms with E-state index in [0.717, 1.165) is 33.8 Å². The number of fused-ring (bicyclic) bond motifs is 2. The average molecular weight is 436 g/mol. The molecule has 0 saturated carbocycles. The van der Waals surface area contributed by atoms with E-state index in [1.54, 1.807) is 18.2 Å². The zero-order chi connectivity index (χ0) is 20.7. The van der Waals surface area contributed by atoms with E-state index in [2.05, 4.69) is 10.1 Å². The third-order valence-electron chi connectivity index (χ3n) is 4.71. The molecular formula is C22H14ClN3O3S. The Morgan fingerprint density at radius 1 is 1.13 bits per heavy atom. The van der Waals surface area contributed by atoms with Gasteiger partial charge in [0.2, 0.25) is 4.96 Å². The zero-order valence-electron chi connectivity index (χ0n) is 15.5. The topological polar surface area (TPSA) is 73.6 Å². The van der Waals surface area contributed by atoms with Crippen LogP contribution in [0.3, 0.4) is 0 Å². The molecule has 0 aliphatic carbocycles. The summed E-state index contributed by atoms with van der Waals surface area (Å²) in [6, 6.07) is 14.8. The summed E-state index contributed by atoms with van der Waals surface area (Å²) in [5, 5.41) is 4.89. The second-order valence-electron chi connectivity index (χ2n) is 6.82.